The first kappa shape index (κ1) is 17.2. The zero-order valence-corrected chi connectivity index (χ0v) is 14.6. The van der Waals surface area contributed by atoms with Crippen molar-refractivity contribution < 1.29 is 9.47 Å². The van der Waals surface area contributed by atoms with Gasteiger partial charge in [0.25, 0.3) is 0 Å². The van der Waals surface area contributed by atoms with Gasteiger partial charge in [0.2, 0.25) is 0 Å². The molecule has 1 fully saturated rings. The standard InChI is InChI=1S/C18H23N5O2/c1-3-23(4-2)18-9-8-17(21-22-18)20-19-11-14-6-5-7-15(10-14)24-12-16-13-25-16/h5-11,16H,3-4,12-13H2,1-2H3,(H,20,21)/b19-11+. The van der Waals surface area contributed by atoms with E-state index in [0.717, 1.165) is 36.8 Å². The third kappa shape index (κ3) is 5.15. The third-order valence-electron chi connectivity index (χ3n) is 3.83. The van der Waals surface area contributed by atoms with Crippen molar-refractivity contribution in [1.82, 2.24) is 10.2 Å². The van der Waals surface area contributed by atoms with Crippen LogP contribution in [0.15, 0.2) is 41.5 Å². The van der Waals surface area contributed by atoms with E-state index in [1.807, 2.05) is 36.4 Å². The maximum Gasteiger partial charge on any atom is 0.168 e. The summed E-state index contributed by atoms with van der Waals surface area (Å²) in [5.41, 5.74) is 3.83. The Bertz CT molecular complexity index is 697. The molecule has 1 unspecified atom stereocenters. The van der Waals surface area contributed by atoms with E-state index >= 15 is 0 Å². The van der Waals surface area contributed by atoms with Crippen LogP contribution in [0.1, 0.15) is 19.4 Å². The van der Waals surface area contributed by atoms with Gasteiger partial charge in [-0.1, -0.05) is 12.1 Å². The van der Waals surface area contributed by atoms with Gasteiger partial charge in [-0.05, 0) is 43.7 Å². The van der Waals surface area contributed by atoms with E-state index in [4.69, 9.17) is 9.47 Å². The Kier molecular flexibility index (Phi) is 5.79. The molecule has 1 aromatic carbocycles. The average molecular weight is 341 g/mol. The van der Waals surface area contributed by atoms with Crippen LogP contribution in [0.5, 0.6) is 5.75 Å². The second-order valence-corrected chi connectivity index (χ2v) is 5.66. The molecule has 0 aliphatic carbocycles. The topological polar surface area (TPSA) is 75.2 Å². The van der Waals surface area contributed by atoms with E-state index in [1.165, 1.54) is 0 Å². The highest BCUT2D eigenvalue weighted by Gasteiger charge is 2.22. The van der Waals surface area contributed by atoms with Crippen molar-refractivity contribution in [3.63, 3.8) is 0 Å². The monoisotopic (exact) mass is 341 g/mol. The van der Waals surface area contributed by atoms with Crippen LogP contribution in [0, 0.1) is 0 Å². The number of nitrogens with one attached hydrogen (secondary N) is 1. The number of hydrogen-bond donors (Lipinski definition) is 1. The van der Waals surface area contributed by atoms with Gasteiger partial charge in [-0.15, -0.1) is 10.2 Å². The number of aromatic nitrogens is 2. The Morgan fingerprint density at radius 2 is 2.12 bits per heavy atom. The van der Waals surface area contributed by atoms with Gasteiger partial charge in [0.1, 0.15) is 18.5 Å². The summed E-state index contributed by atoms with van der Waals surface area (Å²) in [7, 11) is 0. The van der Waals surface area contributed by atoms with Gasteiger partial charge in [-0.25, -0.2) is 0 Å². The molecular weight excluding hydrogens is 318 g/mol. The predicted octanol–water partition coefficient (Wildman–Crippen LogP) is 2.55. The van der Waals surface area contributed by atoms with Crippen molar-refractivity contribution in [2.75, 3.05) is 36.6 Å². The van der Waals surface area contributed by atoms with Crippen LogP contribution in [0.4, 0.5) is 11.6 Å². The fourth-order valence-corrected chi connectivity index (χ4v) is 2.31. The lowest BCUT2D eigenvalue weighted by molar-refractivity contribution is 0.263. The first-order valence-electron chi connectivity index (χ1n) is 8.50. The Hall–Kier alpha value is -2.67. The molecule has 3 rings (SSSR count). The molecule has 132 valence electrons. The SMILES string of the molecule is CCN(CC)c1ccc(N/N=C/c2cccc(OCC3CO3)c2)nn1. The van der Waals surface area contributed by atoms with E-state index in [0.29, 0.717) is 12.4 Å². The number of rotatable bonds is 9. The van der Waals surface area contributed by atoms with Crippen molar-refractivity contribution in [2.45, 2.75) is 20.0 Å². The summed E-state index contributed by atoms with van der Waals surface area (Å²) < 4.78 is 10.8. The third-order valence-corrected chi connectivity index (χ3v) is 3.83. The molecule has 0 radical (unpaired) electrons. The van der Waals surface area contributed by atoms with Crippen molar-refractivity contribution >= 4 is 17.9 Å². The van der Waals surface area contributed by atoms with Crippen LogP contribution >= 0.6 is 0 Å². The second-order valence-electron chi connectivity index (χ2n) is 5.66. The summed E-state index contributed by atoms with van der Waals surface area (Å²) in [6, 6.07) is 11.6. The number of ether oxygens (including phenoxy) is 2. The molecule has 7 nitrogen and oxygen atoms in total. The van der Waals surface area contributed by atoms with E-state index < -0.39 is 0 Å². The molecule has 1 atom stereocenters. The zero-order chi connectivity index (χ0) is 17.5. The maximum absolute atomic E-state index is 5.66. The molecule has 1 aromatic heterocycles. The number of nitrogens with zero attached hydrogens (tertiary/aromatic N) is 4. The summed E-state index contributed by atoms with van der Waals surface area (Å²) in [5, 5.41) is 12.6. The summed E-state index contributed by atoms with van der Waals surface area (Å²) in [4.78, 5) is 2.14. The summed E-state index contributed by atoms with van der Waals surface area (Å²) in [6.07, 6.45) is 1.97. The normalized spacial score (nSPS) is 16.0. The van der Waals surface area contributed by atoms with Crippen LogP contribution in [0.2, 0.25) is 0 Å². The molecule has 0 bridgehead atoms. The first-order chi connectivity index (χ1) is 12.3. The molecule has 7 heteroatoms. The number of epoxide rings is 1. The molecule has 0 saturated carbocycles. The molecule has 1 N–H and O–H groups in total. The fourth-order valence-electron chi connectivity index (χ4n) is 2.31. The van der Waals surface area contributed by atoms with Crippen LogP contribution in [0.25, 0.3) is 0 Å². The summed E-state index contributed by atoms with van der Waals surface area (Å²) in [6.45, 7) is 7.38. The smallest absolute Gasteiger partial charge is 0.168 e. The Morgan fingerprint density at radius 3 is 2.80 bits per heavy atom. The number of anilines is 2. The lowest BCUT2D eigenvalue weighted by atomic mass is 10.2. The highest BCUT2D eigenvalue weighted by atomic mass is 16.6. The number of benzene rings is 1. The van der Waals surface area contributed by atoms with E-state index in [1.54, 1.807) is 6.21 Å². The van der Waals surface area contributed by atoms with Gasteiger partial charge < -0.3 is 14.4 Å². The van der Waals surface area contributed by atoms with Gasteiger partial charge >= 0.3 is 0 Å². The molecule has 1 aliphatic rings. The largest absolute Gasteiger partial charge is 0.491 e. The number of hydrogen-bond acceptors (Lipinski definition) is 7. The molecule has 0 amide bonds. The molecule has 0 spiro atoms. The molecule has 2 heterocycles. The predicted molar refractivity (Wildman–Crippen MR) is 98.5 cm³/mol. The van der Waals surface area contributed by atoms with Crippen molar-refractivity contribution in [2.24, 2.45) is 5.10 Å². The molecule has 25 heavy (non-hydrogen) atoms. The van der Waals surface area contributed by atoms with E-state index in [9.17, 15) is 0 Å². The Morgan fingerprint density at radius 1 is 1.28 bits per heavy atom. The van der Waals surface area contributed by atoms with E-state index in [2.05, 4.69) is 39.5 Å². The van der Waals surface area contributed by atoms with Crippen LogP contribution < -0.4 is 15.1 Å². The number of hydrazone groups is 1. The van der Waals surface area contributed by atoms with Gasteiger partial charge in [-0.2, -0.15) is 5.10 Å². The molecular formula is C18H23N5O2. The minimum absolute atomic E-state index is 0.247. The van der Waals surface area contributed by atoms with Gasteiger partial charge in [0, 0.05) is 13.1 Å². The van der Waals surface area contributed by atoms with Crippen LogP contribution in [0.3, 0.4) is 0 Å². The van der Waals surface area contributed by atoms with Crippen molar-refractivity contribution in [1.29, 1.82) is 0 Å². The zero-order valence-electron chi connectivity index (χ0n) is 14.6. The highest BCUT2D eigenvalue weighted by molar-refractivity contribution is 5.80. The Balaban J connectivity index is 1.54. The van der Waals surface area contributed by atoms with Gasteiger partial charge in [0.15, 0.2) is 11.6 Å². The second kappa shape index (κ2) is 8.43. The lowest BCUT2D eigenvalue weighted by Gasteiger charge is -2.18. The quantitative estimate of drug-likeness (QED) is 0.429. The van der Waals surface area contributed by atoms with E-state index in [-0.39, 0.29) is 6.10 Å². The minimum Gasteiger partial charge on any atom is -0.491 e. The highest BCUT2D eigenvalue weighted by Crippen LogP contribution is 2.16. The lowest BCUT2D eigenvalue weighted by Crippen LogP contribution is -2.23. The maximum atomic E-state index is 5.66. The fraction of sp³-hybridized carbons (Fsp3) is 0.389. The Labute approximate surface area is 147 Å². The molecule has 1 aliphatic heterocycles. The average Bonchev–Trinajstić information content (AvgIpc) is 3.47. The molecule has 1 saturated heterocycles. The van der Waals surface area contributed by atoms with Crippen molar-refractivity contribution in [3.8, 4) is 5.75 Å². The van der Waals surface area contributed by atoms with Crippen molar-refractivity contribution in [3.05, 3.63) is 42.0 Å². The van der Waals surface area contributed by atoms with Gasteiger partial charge in [-0.3, -0.25) is 5.43 Å². The van der Waals surface area contributed by atoms with Gasteiger partial charge in [0.05, 0.1) is 12.8 Å². The molecule has 2 aromatic rings. The van der Waals surface area contributed by atoms with Crippen LogP contribution in [-0.2, 0) is 4.74 Å². The minimum atomic E-state index is 0.247. The first-order valence-corrected chi connectivity index (χ1v) is 8.50. The summed E-state index contributed by atoms with van der Waals surface area (Å²) >= 11 is 0. The summed E-state index contributed by atoms with van der Waals surface area (Å²) in [5.74, 6) is 2.28. The van der Waals surface area contributed by atoms with Crippen LogP contribution in [-0.4, -0.2) is 48.8 Å².